The lowest BCUT2D eigenvalue weighted by molar-refractivity contribution is 0.0589. The van der Waals surface area contributed by atoms with Crippen molar-refractivity contribution in [1.29, 1.82) is 0 Å². The van der Waals surface area contributed by atoms with Crippen molar-refractivity contribution in [2.24, 2.45) is 7.05 Å². The first-order valence-corrected chi connectivity index (χ1v) is 5.87. The fourth-order valence-corrected chi connectivity index (χ4v) is 2.09. The lowest BCUT2D eigenvalue weighted by atomic mass is 10.1. The molecule has 6 nitrogen and oxygen atoms in total. The van der Waals surface area contributed by atoms with Crippen molar-refractivity contribution in [3.8, 4) is 11.5 Å². The van der Waals surface area contributed by atoms with Crippen LogP contribution in [0, 0.1) is 0 Å². The summed E-state index contributed by atoms with van der Waals surface area (Å²) in [6.45, 7) is 0. The summed E-state index contributed by atoms with van der Waals surface area (Å²) in [5, 5.41) is 0.392. The smallest absolute Gasteiger partial charge is 0.354 e. The molecule has 0 saturated heterocycles. The van der Waals surface area contributed by atoms with Crippen LogP contribution in [0.3, 0.4) is 0 Å². The summed E-state index contributed by atoms with van der Waals surface area (Å²) in [7, 11) is 5.93. The van der Waals surface area contributed by atoms with Crippen LogP contribution < -0.4 is 14.9 Å². The number of aromatic nitrogens is 1. The molecule has 1 aromatic heterocycles. The van der Waals surface area contributed by atoms with Gasteiger partial charge in [0.25, 0.3) is 0 Å². The minimum atomic E-state index is -0.576. The van der Waals surface area contributed by atoms with Crippen molar-refractivity contribution in [3.63, 3.8) is 0 Å². The molecule has 1 aromatic carbocycles. The molecule has 20 heavy (non-hydrogen) atoms. The predicted octanol–water partition coefficient (Wildman–Crippen LogP) is 1.34. The molecular formula is C14H15NO5. The van der Waals surface area contributed by atoms with Crippen LogP contribution >= 0.6 is 0 Å². The fraction of sp³-hybridized carbons (Fsp3) is 0.286. The van der Waals surface area contributed by atoms with E-state index >= 15 is 0 Å². The van der Waals surface area contributed by atoms with Gasteiger partial charge in [-0.2, -0.15) is 0 Å². The van der Waals surface area contributed by atoms with E-state index in [2.05, 4.69) is 4.74 Å². The maximum absolute atomic E-state index is 12.2. The molecule has 0 atom stereocenters. The van der Waals surface area contributed by atoms with Crippen molar-refractivity contribution in [2.45, 2.75) is 0 Å². The summed E-state index contributed by atoms with van der Waals surface area (Å²) < 4.78 is 16.6. The molecule has 0 saturated carbocycles. The second-order valence-corrected chi connectivity index (χ2v) is 4.17. The summed E-state index contributed by atoms with van der Waals surface area (Å²) in [6, 6.07) is 4.54. The Morgan fingerprint density at radius 3 is 2.35 bits per heavy atom. The quantitative estimate of drug-likeness (QED) is 0.792. The van der Waals surface area contributed by atoms with Crippen molar-refractivity contribution < 1.29 is 19.0 Å². The third-order valence-corrected chi connectivity index (χ3v) is 3.14. The van der Waals surface area contributed by atoms with Gasteiger partial charge in [0, 0.05) is 25.2 Å². The zero-order valence-electron chi connectivity index (χ0n) is 11.7. The maximum Gasteiger partial charge on any atom is 0.354 e. The van der Waals surface area contributed by atoms with Gasteiger partial charge in [-0.1, -0.05) is 0 Å². The number of pyridine rings is 1. The highest BCUT2D eigenvalue weighted by Gasteiger charge is 2.17. The van der Waals surface area contributed by atoms with Crippen molar-refractivity contribution in [3.05, 3.63) is 34.1 Å². The van der Waals surface area contributed by atoms with Crippen LogP contribution in [0.25, 0.3) is 10.9 Å². The van der Waals surface area contributed by atoms with E-state index in [1.807, 2.05) is 0 Å². The van der Waals surface area contributed by atoms with E-state index in [0.29, 0.717) is 22.4 Å². The zero-order chi connectivity index (χ0) is 14.9. The summed E-state index contributed by atoms with van der Waals surface area (Å²) in [6.07, 6.45) is 0. The van der Waals surface area contributed by atoms with E-state index in [1.165, 1.54) is 27.4 Å². The second-order valence-electron chi connectivity index (χ2n) is 4.17. The number of ether oxygens (including phenoxy) is 3. The largest absolute Gasteiger partial charge is 0.497 e. The number of benzene rings is 1. The molecule has 0 fully saturated rings. The van der Waals surface area contributed by atoms with Gasteiger partial charge < -0.3 is 18.8 Å². The Balaban J connectivity index is 2.92. The highest BCUT2D eigenvalue weighted by atomic mass is 16.5. The SMILES string of the molecule is COC(=O)c1cc(=O)c2c(OC)cc(OC)cc2n1C. The molecule has 0 bridgehead atoms. The first-order chi connectivity index (χ1) is 9.53. The van der Waals surface area contributed by atoms with Crippen LogP contribution in [0.4, 0.5) is 0 Å². The molecule has 0 amide bonds. The Hall–Kier alpha value is -2.50. The van der Waals surface area contributed by atoms with Gasteiger partial charge in [0.05, 0.1) is 32.2 Å². The molecule has 106 valence electrons. The van der Waals surface area contributed by atoms with E-state index in [9.17, 15) is 9.59 Å². The van der Waals surface area contributed by atoms with E-state index < -0.39 is 5.97 Å². The van der Waals surface area contributed by atoms with E-state index in [4.69, 9.17) is 9.47 Å². The number of methoxy groups -OCH3 is 3. The van der Waals surface area contributed by atoms with Gasteiger partial charge in [-0.3, -0.25) is 4.79 Å². The predicted molar refractivity (Wildman–Crippen MR) is 73.6 cm³/mol. The summed E-state index contributed by atoms with van der Waals surface area (Å²) in [4.78, 5) is 23.9. The van der Waals surface area contributed by atoms with Gasteiger partial charge >= 0.3 is 5.97 Å². The molecule has 0 radical (unpaired) electrons. The van der Waals surface area contributed by atoms with E-state index in [0.717, 1.165) is 0 Å². The number of carbonyl (C=O) groups is 1. The van der Waals surface area contributed by atoms with Gasteiger partial charge in [0.15, 0.2) is 5.43 Å². The van der Waals surface area contributed by atoms with Gasteiger partial charge in [-0.05, 0) is 0 Å². The Bertz CT molecular complexity index is 732. The normalized spacial score (nSPS) is 10.4. The number of fused-ring (bicyclic) bond motifs is 1. The van der Waals surface area contributed by atoms with Crippen LogP contribution in [0.5, 0.6) is 11.5 Å². The Kier molecular flexibility index (Phi) is 3.65. The van der Waals surface area contributed by atoms with Crippen molar-refractivity contribution in [1.82, 2.24) is 4.57 Å². The third kappa shape index (κ3) is 2.09. The number of rotatable bonds is 3. The van der Waals surface area contributed by atoms with Gasteiger partial charge in [-0.25, -0.2) is 4.79 Å². The highest BCUT2D eigenvalue weighted by Crippen LogP contribution is 2.29. The molecule has 0 unspecified atom stereocenters. The lowest BCUT2D eigenvalue weighted by Crippen LogP contribution is -2.17. The molecule has 0 aliphatic heterocycles. The lowest BCUT2D eigenvalue weighted by Gasteiger charge is -2.14. The molecule has 2 aromatic rings. The molecule has 6 heteroatoms. The number of carbonyl (C=O) groups excluding carboxylic acids is 1. The minimum absolute atomic E-state index is 0.167. The minimum Gasteiger partial charge on any atom is -0.497 e. The molecule has 1 heterocycles. The molecule has 0 spiro atoms. The van der Waals surface area contributed by atoms with Crippen molar-refractivity contribution in [2.75, 3.05) is 21.3 Å². The van der Waals surface area contributed by atoms with Crippen LogP contribution in [0.1, 0.15) is 10.5 Å². The van der Waals surface area contributed by atoms with Gasteiger partial charge in [0.2, 0.25) is 0 Å². The number of hydrogen-bond donors (Lipinski definition) is 0. The Morgan fingerprint density at radius 1 is 1.10 bits per heavy atom. The molecule has 0 aliphatic carbocycles. The average Bonchev–Trinajstić information content (AvgIpc) is 2.48. The van der Waals surface area contributed by atoms with Gasteiger partial charge in [-0.15, -0.1) is 0 Å². The van der Waals surface area contributed by atoms with E-state index in [1.54, 1.807) is 23.7 Å². The number of hydrogen-bond acceptors (Lipinski definition) is 5. The average molecular weight is 277 g/mol. The third-order valence-electron chi connectivity index (χ3n) is 3.14. The van der Waals surface area contributed by atoms with E-state index in [-0.39, 0.29) is 11.1 Å². The highest BCUT2D eigenvalue weighted by molar-refractivity contribution is 5.94. The Morgan fingerprint density at radius 2 is 1.80 bits per heavy atom. The first kappa shape index (κ1) is 13.9. The molecular weight excluding hydrogens is 262 g/mol. The Labute approximate surface area is 115 Å². The molecule has 0 aliphatic rings. The van der Waals surface area contributed by atoms with Crippen molar-refractivity contribution >= 4 is 16.9 Å². The standard InChI is InChI=1S/C14H15NO5/c1-15-9-5-8(18-2)6-12(19-3)13(9)11(16)7-10(15)14(17)20-4/h5-7H,1-4H3. The fourth-order valence-electron chi connectivity index (χ4n) is 2.09. The summed E-state index contributed by atoms with van der Waals surface area (Å²) in [5.74, 6) is 0.357. The van der Waals surface area contributed by atoms with Crippen LogP contribution in [-0.4, -0.2) is 31.9 Å². The number of aryl methyl sites for hydroxylation is 1. The second kappa shape index (κ2) is 5.24. The first-order valence-electron chi connectivity index (χ1n) is 5.87. The topological polar surface area (TPSA) is 66.8 Å². The van der Waals surface area contributed by atoms with Gasteiger partial charge in [0.1, 0.15) is 17.2 Å². The number of nitrogens with zero attached hydrogens (tertiary/aromatic N) is 1. The zero-order valence-corrected chi connectivity index (χ0v) is 11.7. The summed E-state index contributed by atoms with van der Waals surface area (Å²) >= 11 is 0. The van der Waals surface area contributed by atoms with Crippen LogP contribution in [0.2, 0.25) is 0 Å². The monoisotopic (exact) mass is 277 g/mol. The molecule has 2 rings (SSSR count). The van der Waals surface area contributed by atoms with Crippen LogP contribution in [-0.2, 0) is 11.8 Å². The molecule has 0 N–H and O–H groups in total. The van der Waals surface area contributed by atoms with Crippen LogP contribution in [0.15, 0.2) is 23.0 Å². The maximum atomic E-state index is 12.2. The summed E-state index contributed by atoms with van der Waals surface area (Å²) in [5.41, 5.74) is 0.396. The number of esters is 1.